The van der Waals surface area contributed by atoms with E-state index < -0.39 is 0 Å². The first-order valence-corrected chi connectivity index (χ1v) is 8.44. The molecule has 136 valence electrons. The zero-order valence-electron chi connectivity index (χ0n) is 14.7. The highest BCUT2D eigenvalue weighted by Gasteiger charge is 2.36. The van der Waals surface area contributed by atoms with E-state index in [0.29, 0.717) is 18.7 Å². The first-order chi connectivity index (χ1) is 12.6. The summed E-state index contributed by atoms with van der Waals surface area (Å²) in [6, 6.07) is -0.0666. The van der Waals surface area contributed by atoms with Gasteiger partial charge in [-0.1, -0.05) is 5.21 Å². The fourth-order valence-electron chi connectivity index (χ4n) is 3.34. The van der Waals surface area contributed by atoms with Gasteiger partial charge >= 0.3 is 0 Å². The van der Waals surface area contributed by atoms with Gasteiger partial charge in [0.15, 0.2) is 0 Å². The number of likely N-dealkylation sites (tertiary alicyclic amines) is 1. The van der Waals surface area contributed by atoms with Crippen molar-refractivity contribution in [2.75, 3.05) is 13.1 Å². The van der Waals surface area contributed by atoms with Gasteiger partial charge in [-0.3, -0.25) is 14.4 Å². The van der Waals surface area contributed by atoms with E-state index in [1.165, 1.54) is 0 Å². The van der Waals surface area contributed by atoms with Crippen LogP contribution in [0.4, 0.5) is 0 Å². The second-order valence-corrected chi connectivity index (χ2v) is 6.58. The second-order valence-electron chi connectivity index (χ2n) is 6.58. The van der Waals surface area contributed by atoms with E-state index in [2.05, 4.69) is 30.6 Å². The fraction of sp³-hybridized carbons (Fsp3) is 0.438. The van der Waals surface area contributed by atoms with Crippen molar-refractivity contribution in [1.29, 1.82) is 0 Å². The highest BCUT2D eigenvalue weighted by Crippen LogP contribution is 2.23. The normalized spacial score (nSPS) is 20.5. The monoisotopic (exact) mass is 355 g/mol. The van der Waals surface area contributed by atoms with Gasteiger partial charge in [0.1, 0.15) is 5.82 Å². The Morgan fingerprint density at radius 2 is 2.15 bits per heavy atom. The summed E-state index contributed by atoms with van der Waals surface area (Å²) < 4.78 is 5.43. The van der Waals surface area contributed by atoms with Crippen LogP contribution < -0.4 is 5.32 Å². The molecule has 0 radical (unpaired) electrons. The number of carbonyl (C=O) groups excluding carboxylic acids is 1. The smallest absolute Gasteiger partial charge is 0.254 e. The molecule has 2 atom stereocenters. The number of nitrogens with one attached hydrogen (secondary N) is 1. The van der Waals surface area contributed by atoms with E-state index in [0.717, 1.165) is 12.4 Å². The molecular weight excluding hydrogens is 334 g/mol. The Balaban J connectivity index is 1.50. The van der Waals surface area contributed by atoms with Crippen molar-refractivity contribution in [3.63, 3.8) is 0 Å². The van der Waals surface area contributed by atoms with Crippen molar-refractivity contribution >= 4 is 5.91 Å². The molecule has 1 aliphatic rings. The first-order valence-electron chi connectivity index (χ1n) is 8.44. The standard InChI is InChI=1S/C16H21N9O/c1-22-5-3-17-15(22)11-24-9-13(14(10-24)25-6-4-18-21-25)20-16(26)12-7-19-23(2)8-12/h3-8,13-14H,9-11H2,1-2H3,(H,20,26)/t13-,14+/m1/s1. The average molecular weight is 355 g/mol. The maximum atomic E-state index is 12.6. The van der Waals surface area contributed by atoms with E-state index in [1.807, 2.05) is 28.7 Å². The van der Waals surface area contributed by atoms with Crippen LogP contribution in [0.1, 0.15) is 22.2 Å². The number of rotatable bonds is 5. The number of aryl methyl sites for hydroxylation is 2. The molecule has 10 heteroatoms. The van der Waals surface area contributed by atoms with Crippen LogP contribution in [0, 0.1) is 0 Å². The van der Waals surface area contributed by atoms with Crippen molar-refractivity contribution < 1.29 is 4.79 Å². The Bertz CT molecular complexity index is 881. The van der Waals surface area contributed by atoms with Gasteiger partial charge < -0.3 is 9.88 Å². The number of nitrogens with zero attached hydrogens (tertiary/aromatic N) is 8. The van der Waals surface area contributed by atoms with Gasteiger partial charge in [0, 0.05) is 52.0 Å². The van der Waals surface area contributed by atoms with Crippen molar-refractivity contribution in [1.82, 2.24) is 44.5 Å². The van der Waals surface area contributed by atoms with E-state index in [-0.39, 0.29) is 18.0 Å². The molecule has 1 fully saturated rings. The Morgan fingerprint density at radius 3 is 2.81 bits per heavy atom. The van der Waals surface area contributed by atoms with Gasteiger partial charge in [-0.25, -0.2) is 9.67 Å². The lowest BCUT2D eigenvalue weighted by atomic mass is 10.1. The van der Waals surface area contributed by atoms with Gasteiger partial charge in [-0.2, -0.15) is 5.10 Å². The molecule has 0 bridgehead atoms. The maximum absolute atomic E-state index is 12.6. The summed E-state index contributed by atoms with van der Waals surface area (Å²) in [4.78, 5) is 19.2. The van der Waals surface area contributed by atoms with Crippen LogP contribution in [0.5, 0.6) is 0 Å². The minimum atomic E-state index is -0.132. The molecule has 1 saturated heterocycles. The SMILES string of the molecule is Cn1cc(C(=O)N[C@@H]2CN(Cc3nccn3C)C[C@@H]2n2ccnn2)cn1. The zero-order valence-corrected chi connectivity index (χ0v) is 14.7. The maximum Gasteiger partial charge on any atom is 0.254 e. The van der Waals surface area contributed by atoms with Gasteiger partial charge in [0.05, 0.1) is 36.6 Å². The van der Waals surface area contributed by atoms with Gasteiger partial charge in [-0.05, 0) is 0 Å². The predicted octanol–water partition coefficient (Wildman–Crippen LogP) is -0.399. The van der Waals surface area contributed by atoms with Crippen LogP contribution >= 0.6 is 0 Å². The summed E-state index contributed by atoms with van der Waals surface area (Å²) in [6.45, 7) is 2.19. The first kappa shape index (κ1) is 16.5. The third kappa shape index (κ3) is 3.23. The minimum absolute atomic E-state index is 0.0124. The second kappa shape index (κ2) is 6.71. The summed E-state index contributed by atoms with van der Waals surface area (Å²) in [5, 5.41) is 15.2. The summed E-state index contributed by atoms with van der Waals surface area (Å²) >= 11 is 0. The summed E-state index contributed by atoms with van der Waals surface area (Å²) in [6.07, 6.45) is 10.5. The van der Waals surface area contributed by atoms with Crippen LogP contribution in [0.15, 0.2) is 37.2 Å². The molecule has 10 nitrogen and oxygen atoms in total. The summed E-state index contributed by atoms with van der Waals surface area (Å²) in [7, 11) is 3.77. The number of hydrogen-bond donors (Lipinski definition) is 1. The Labute approximate surface area is 150 Å². The highest BCUT2D eigenvalue weighted by atomic mass is 16.1. The number of aromatic nitrogens is 7. The van der Waals surface area contributed by atoms with Crippen LogP contribution in [0.3, 0.4) is 0 Å². The largest absolute Gasteiger partial charge is 0.346 e. The molecular formula is C16H21N9O. The van der Waals surface area contributed by atoms with Gasteiger partial charge in [0.25, 0.3) is 5.91 Å². The molecule has 1 amide bonds. The number of carbonyl (C=O) groups is 1. The minimum Gasteiger partial charge on any atom is -0.346 e. The summed E-state index contributed by atoms with van der Waals surface area (Å²) in [5.41, 5.74) is 0.549. The molecule has 26 heavy (non-hydrogen) atoms. The van der Waals surface area contributed by atoms with Crippen molar-refractivity contribution in [2.45, 2.75) is 18.6 Å². The lowest BCUT2D eigenvalue weighted by Gasteiger charge is -2.19. The zero-order chi connectivity index (χ0) is 18.1. The molecule has 1 N–H and O–H groups in total. The van der Waals surface area contributed by atoms with Crippen LogP contribution in [0.25, 0.3) is 0 Å². The number of imidazole rings is 1. The van der Waals surface area contributed by atoms with Crippen LogP contribution in [-0.4, -0.2) is 64.3 Å². The Hall–Kier alpha value is -3.01. The van der Waals surface area contributed by atoms with Crippen LogP contribution in [0.2, 0.25) is 0 Å². The fourth-order valence-corrected chi connectivity index (χ4v) is 3.34. The Kier molecular flexibility index (Phi) is 4.25. The quantitative estimate of drug-likeness (QED) is 0.669. The van der Waals surface area contributed by atoms with E-state index in [4.69, 9.17) is 0 Å². The highest BCUT2D eigenvalue weighted by molar-refractivity contribution is 5.93. The molecule has 4 heterocycles. The molecule has 0 aromatic carbocycles. The molecule has 4 rings (SSSR count). The average Bonchev–Trinajstić information content (AvgIpc) is 3.37. The molecule has 0 spiro atoms. The number of amides is 1. The predicted molar refractivity (Wildman–Crippen MR) is 92.0 cm³/mol. The van der Waals surface area contributed by atoms with Crippen molar-refractivity contribution in [2.24, 2.45) is 14.1 Å². The molecule has 3 aromatic rings. The van der Waals surface area contributed by atoms with E-state index in [1.54, 1.807) is 36.5 Å². The van der Waals surface area contributed by atoms with E-state index in [9.17, 15) is 4.79 Å². The topological polar surface area (TPSA) is 98.7 Å². The lowest BCUT2D eigenvalue weighted by molar-refractivity contribution is 0.0929. The Morgan fingerprint density at radius 1 is 1.27 bits per heavy atom. The molecule has 1 aliphatic heterocycles. The van der Waals surface area contributed by atoms with Crippen molar-refractivity contribution in [3.8, 4) is 0 Å². The molecule has 0 saturated carbocycles. The van der Waals surface area contributed by atoms with Crippen molar-refractivity contribution in [3.05, 3.63) is 48.6 Å². The molecule has 0 aliphatic carbocycles. The van der Waals surface area contributed by atoms with Gasteiger partial charge in [0.2, 0.25) is 0 Å². The van der Waals surface area contributed by atoms with Gasteiger partial charge in [-0.15, -0.1) is 5.10 Å². The third-order valence-corrected chi connectivity index (χ3v) is 4.71. The molecule has 3 aromatic heterocycles. The lowest BCUT2D eigenvalue weighted by Crippen LogP contribution is -2.41. The van der Waals surface area contributed by atoms with E-state index >= 15 is 0 Å². The third-order valence-electron chi connectivity index (χ3n) is 4.71. The summed E-state index contributed by atoms with van der Waals surface area (Å²) in [5.74, 6) is 0.855. The van der Waals surface area contributed by atoms with Crippen LogP contribution in [-0.2, 0) is 20.6 Å². The number of hydrogen-bond acceptors (Lipinski definition) is 6. The molecule has 0 unspecified atom stereocenters.